The van der Waals surface area contributed by atoms with Crippen LogP contribution in [-0.2, 0) is 4.79 Å². The molecular weight excluding hydrogens is 461 g/mol. The van der Waals surface area contributed by atoms with Crippen LogP contribution in [0.2, 0.25) is 5.02 Å². The van der Waals surface area contributed by atoms with Crippen molar-refractivity contribution >= 4 is 39.9 Å². The third-order valence-corrected chi connectivity index (χ3v) is 5.91. The Morgan fingerprint density at radius 3 is 2.53 bits per heavy atom. The minimum atomic E-state index is -1.03. The Labute approximate surface area is 198 Å². The molecule has 3 aromatic carbocycles. The van der Waals surface area contributed by atoms with E-state index in [-0.39, 0.29) is 11.3 Å². The fraction of sp³-hybridized carbons (Fsp3) is 0.0769. The molecule has 6 nitrogen and oxygen atoms in total. The number of Topliss-reactive ketones (excluding diaryl/α,β-unsaturated/α-hetero) is 1. The minimum absolute atomic E-state index is 0.0751. The number of fused-ring (bicyclic) bond motifs is 1. The number of carbonyl (C=O) groups excluding carboxylic acids is 2. The highest BCUT2D eigenvalue weighted by atomic mass is 35.5. The van der Waals surface area contributed by atoms with Crippen molar-refractivity contribution in [1.29, 1.82) is 0 Å². The SMILES string of the molecule is COc1cccc2cc(C(=O)C3=C(O)C(=O)N(c4cccc(Cl)c4)C3c3ccc(F)cc3)oc12. The van der Waals surface area contributed by atoms with Gasteiger partial charge in [0.1, 0.15) is 5.82 Å². The highest BCUT2D eigenvalue weighted by molar-refractivity contribution is 6.31. The molecule has 8 heteroatoms. The molecule has 0 aliphatic carbocycles. The summed E-state index contributed by atoms with van der Waals surface area (Å²) in [7, 11) is 1.48. The molecule has 34 heavy (non-hydrogen) atoms. The molecule has 170 valence electrons. The van der Waals surface area contributed by atoms with E-state index in [1.54, 1.807) is 42.5 Å². The number of methoxy groups -OCH3 is 1. The monoisotopic (exact) mass is 477 g/mol. The van der Waals surface area contributed by atoms with Crippen LogP contribution < -0.4 is 9.64 Å². The summed E-state index contributed by atoms with van der Waals surface area (Å²) < 4.78 is 24.7. The number of hydrogen-bond acceptors (Lipinski definition) is 5. The van der Waals surface area contributed by atoms with E-state index in [0.29, 0.717) is 33.0 Å². The number of ketones is 1. The first-order chi connectivity index (χ1) is 16.4. The Morgan fingerprint density at radius 2 is 1.82 bits per heavy atom. The normalized spacial score (nSPS) is 15.9. The quantitative estimate of drug-likeness (QED) is 0.356. The predicted molar refractivity (Wildman–Crippen MR) is 125 cm³/mol. The molecular formula is C26H17ClFNO5. The van der Waals surface area contributed by atoms with Crippen LogP contribution in [0, 0.1) is 5.82 Å². The number of ether oxygens (including phenoxy) is 1. The van der Waals surface area contributed by atoms with E-state index in [4.69, 9.17) is 20.8 Å². The Hall–Kier alpha value is -4.10. The van der Waals surface area contributed by atoms with E-state index >= 15 is 0 Å². The molecule has 0 radical (unpaired) electrons. The number of carbonyl (C=O) groups is 2. The van der Waals surface area contributed by atoms with Crippen LogP contribution in [0.1, 0.15) is 22.2 Å². The fourth-order valence-corrected chi connectivity index (χ4v) is 4.32. The van der Waals surface area contributed by atoms with Crippen molar-refractivity contribution in [1.82, 2.24) is 0 Å². The molecule has 0 fully saturated rings. The van der Waals surface area contributed by atoms with Gasteiger partial charge in [-0.05, 0) is 48.0 Å². The largest absolute Gasteiger partial charge is 0.503 e. The number of nitrogens with zero attached hydrogens (tertiary/aromatic N) is 1. The number of aliphatic hydroxyl groups excluding tert-OH is 1. The number of rotatable bonds is 5. The average molecular weight is 478 g/mol. The maximum absolute atomic E-state index is 13.7. The van der Waals surface area contributed by atoms with Crippen molar-refractivity contribution in [3.05, 3.63) is 106 Å². The van der Waals surface area contributed by atoms with Crippen LogP contribution in [0.4, 0.5) is 10.1 Å². The lowest BCUT2D eigenvalue weighted by molar-refractivity contribution is -0.117. The van der Waals surface area contributed by atoms with Gasteiger partial charge >= 0.3 is 0 Å². The molecule has 4 aromatic rings. The summed E-state index contributed by atoms with van der Waals surface area (Å²) in [6.07, 6.45) is 0. The van der Waals surface area contributed by atoms with Crippen molar-refractivity contribution in [2.75, 3.05) is 12.0 Å². The molecule has 1 amide bonds. The number of halogens is 2. The summed E-state index contributed by atoms with van der Waals surface area (Å²) in [5.41, 5.74) is 0.973. The van der Waals surface area contributed by atoms with Gasteiger partial charge in [-0.2, -0.15) is 0 Å². The number of benzene rings is 3. The summed E-state index contributed by atoms with van der Waals surface area (Å²) in [5, 5.41) is 11.8. The second-order valence-corrected chi connectivity index (χ2v) is 8.13. The fourth-order valence-electron chi connectivity index (χ4n) is 4.13. The van der Waals surface area contributed by atoms with E-state index in [1.165, 1.54) is 42.3 Å². The van der Waals surface area contributed by atoms with E-state index in [1.807, 2.05) is 0 Å². The number of furan rings is 1. The van der Waals surface area contributed by atoms with Crippen molar-refractivity contribution in [2.24, 2.45) is 0 Å². The molecule has 2 heterocycles. The molecule has 0 bridgehead atoms. The lowest BCUT2D eigenvalue weighted by Crippen LogP contribution is -2.31. The lowest BCUT2D eigenvalue weighted by Gasteiger charge is -2.27. The maximum Gasteiger partial charge on any atom is 0.294 e. The Morgan fingerprint density at radius 1 is 1.09 bits per heavy atom. The summed E-state index contributed by atoms with van der Waals surface area (Å²) in [4.78, 5) is 28.1. The lowest BCUT2D eigenvalue weighted by atomic mass is 9.94. The molecule has 5 rings (SSSR count). The van der Waals surface area contributed by atoms with Crippen molar-refractivity contribution in [3.8, 4) is 5.75 Å². The molecule has 1 N–H and O–H groups in total. The third kappa shape index (κ3) is 3.50. The second kappa shape index (κ2) is 8.35. The van der Waals surface area contributed by atoms with Gasteiger partial charge in [-0.15, -0.1) is 0 Å². The molecule has 1 aliphatic heterocycles. The first kappa shape index (κ1) is 21.7. The third-order valence-electron chi connectivity index (χ3n) is 5.68. The smallest absolute Gasteiger partial charge is 0.294 e. The Kier molecular flexibility index (Phi) is 5.34. The summed E-state index contributed by atoms with van der Waals surface area (Å²) in [5.74, 6) is -2.29. The van der Waals surface area contributed by atoms with Crippen LogP contribution in [-0.4, -0.2) is 23.9 Å². The summed E-state index contributed by atoms with van der Waals surface area (Å²) in [6.45, 7) is 0. The van der Waals surface area contributed by atoms with Gasteiger partial charge in [0.2, 0.25) is 5.78 Å². The van der Waals surface area contributed by atoms with Gasteiger partial charge in [-0.1, -0.05) is 41.9 Å². The van der Waals surface area contributed by atoms with Gasteiger partial charge in [0.25, 0.3) is 5.91 Å². The maximum atomic E-state index is 13.7. The first-order valence-corrected chi connectivity index (χ1v) is 10.7. The number of aliphatic hydroxyl groups is 1. The highest BCUT2D eigenvalue weighted by Gasteiger charge is 2.45. The van der Waals surface area contributed by atoms with E-state index < -0.39 is 29.3 Å². The predicted octanol–water partition coefficient (Wildman–Crippen LogP) is 6.02. The van der Waals surface area contributed by atoms with Gasteiger partial charge in [0, 0.05) is 16.1 Å². The summed E-state index contributed by atoms with van der Waals surface area (Å²) in [6, 6.07) is 17.5. The van der Waals surface area contributed by atoms with Gasteiger partial charge in [-0.25, -0.2) is 4.39 Å². The summed E-state index contributed by atoms with van der Waals surface area (Å²) >= 11 is 6.13. The number of hydrogen-bond donors (Lipinski definition) is 1. The van der Waals surface area contributed by atoms with Crippen LogP contribution in [0.25, 0.3) is 11.0 Å². The van der Waals surface area contributed by atoms with E-state index in [9.17, 15) is 19.1 Å². The Balaban J connectivity index is 1.67. The van der Waals surface area contributed by atoms with Gasteiger partial charge in [-0.3, -0.25) is 14.5 Å². The van der Waals surface area contributed by atoms with Gasteiger partial charge in [0.15, 0.2) is 22.9 Å². The van der Waals surface area contributed by atoms with E-state index in [0.717, 1.165) is 0 Å². The molecule has 0 spiro atoms. The highest BCUT2D eigenvalue weighted by Crippen LogP contribution is 2.43. The number of anilines is 1. The van der Waals surface area contributed by atoms with Gasteiger partial charge in [0.05, 0.1) is 18.7 Å². The zero-order valence-corrected chi connectivity index (χ0v) is 18.5. The number of para-hydroxylation sites is 1. The standard InChI is InChI=1S/C26H17ClFNO5/c1-33-19-7-2-4-15-12-20(34-25(15)19)23(30)21-22(14-8-10-17(28)11-9-14)29(26(32)24(21)31)18-6-3-5-16(27)13-18/h2-13,22,31H,1H3. The van der Waals surface area contributed by atoms with Crippen LogP contribution in [0.5, 0.6) is 5.75 Å². The molecule has 1 aliphatic rings. The molecule has 0 saturated carbocycles. The zero-order valence-electron chi connectivity index (χ0n) is 17.8. The zero-order chi connectivity index (χ0) is 24.0. The van der Waals surface area contributed by atoms with E-state index in [2.05, 4.69) is 0 Å². The molecule has 1 unspecified atom stereocenters. The average Bonchev–Trinajstić information content (AvgIpc) is 3.38. The van der Waals surface area contributed by atoms with Crippen molar-refractivity contribution in [2.45, 2.75) is 6.04 Å². The number of amides is 1. The van der Waals surface area contributed by atoms with Crippen molar-refractivity contribution in [3.63, 3.8) is 0 Å². The van der Waals surface area contributed by atoms with Crippen LogP contribution in [0.3, 0.4) is 0 Å². The first-order valence-electron chi connectivity index (χ1n) is 10.3. The van der Waals surface area contributed by atoms with Crippen molar-refractivity contribution < 1.29 is 28.2 Å². The topological polar surface area (TPSA) is 80.0 Å². The Bertz CT molecular complexity index is 1470. The van der Waals surface area contributed by atoms with Crippen LogP contribution in [0.15, 0.2) is 88.5 Å². The van der Waals surface area contributed by atoms with Gasteiger partial charge < -0.3 is 14.3 Å². The van der Waals surface area contributed by atoms with Crippen LogP contribution >= 0.6 is 11.6 Å². The minimum Gasteiger partial charge on any atom is -0.503 e. The second-order valence-electron chi connectivity index (χ2n) is 7.69. The molecule has 1 atom stereocenters. The molecule has 0 saturated heterocycles. The molecule has 1 aromatic heterocycles.